The number of hydrogen-bond acceptors (Lipinski definition) is 8. The summed E-state index contributed by atoms with van der Waals surface area (Å²) in [6.45, 7) is 5.73. The molecule has 0 aromatic carbocycles. The summed E-state index contributed by atoms with van der Waals surface area (Å²) in [4.78, 5) is 38.3. The van der Waals surface area contributed by atoms with Crippen LogP contribution in [0.15, 0.2) is 30.5 Å². The monoisotopic (exact) mass is 530 g/mol. The minimum Gasteiger partial charge on any atom is -0.491 e. The van der Waals surface area contributed by atoms with Crippen molar-refractivity contribution in [3.05, 3.63) is 36.2 Å². The molecule has 4 aliphatic rings. The average Bonchev–Trinajstić information content (AvgIpc) is 3.16. The number of halogens is 2. The molecule has 2 saturated heterocycles. The number of anilines is 3. The second kappa shape index (κ2) is 9.02. The van der Waals surface area contributed by atoms with E-state index in [0.29, 0.717) is 30.4 Å². The molecule has 0 spiro atoms. The highest BCUT2D eigenvalue weighted by molar-refractivity contribution is 6.05. The minimum absolute atomic E-state index is 0.0263. The van der Waals surface area contributed by atoms with Gasteiger partial charge in [0, 0.05) is 31.8 Å². The predicted molar refractivity (Wildman–Crippen MR) is 132 cm³/mol. The van der Waals surface area contributed by atoms with Gasteiger partial charge in [0.2, 0.25) is 0 Å². The third-order valence-corrected chi connectivity index (χ3v) is 7.00. The summed E-state index contributed by atoms with van der Waals surface area (Å²) in [6.07, 6.45) is 1.64. The van der Waals surface area contributed by atoms with Crippen LogP contribution < -0.4 is 25.2 Å². The molecular formula is C25H28F2N6O5. The Balaban J connectivity index is 1.16. The lowest BCUT2D eigenvalue weighted by molar-refractivity contribution is -0.141. The van der Waals surface area contributed by atoms with E-state index in [1.165, 1.54) is 17.2 Å². The molecule has 6 rings (SSSR count). The van der Waals surface area contributed by atoms with Gasteiger partial charge in [0.1, 0.15) is 30.0 Å². The summed E-state index contributed by atoms with van der Waals surface area (Å²) in [5.74, 6) is -3.15. The molecule has 202 valence electrons. The van der Waals surface area contributed by atoms with Crippen molar-refractivity contribution in [1.29, 1.82) is 0 Å². The van der Waals surface area contributed by atoms with Crippen molar-refractivity contribution in [2.75, 3.05) is 41.4 Å². The highest BCUT2D eigenvalue weighted by atomic mass is 19.3. The first-order valence-electron chi connectivity index (χ1n) is 12.5. The molecule has 38 heavy (non-hydrogen) atoms. The molecule has 0 radical (unpaired) electrons. The number of nitrogens with one attached hydrogen (secondary N) is 2. The summed E-state index contributed by atoms with van der Waals surface area (Å²) in [6, 6.07) is 4.67. The van der Waals surface area contributed by atoms with Gasteiger partial charge < -0.3 is 24.4 Å². The number of ether oxygens (including phenoxy) is 3. The van der Waals surface area contributed by atoms with Crippen LogP contribution in [-0.4, -0.2) is 78.1 Å². The largest absolute Gasteiger partial charge is 0.491 e. The zero-order valence-electron chi connectivity index (χ0n) is 20.9. The topological polar surface area (TPSA) is 118 Å². The van der Waals surface area contributed by atoms with E-state index in [2.05, 4.69) is 25.5 Å². The first-order chi connectivity index (χ1) is 18.1. The van der Waals surface area contributed by atoms with Crippen molar-refractivity contribution in [2.45, 2.75) is 56.6 Å². The van der Waals surface area contributed by atoms with E-state index in [1.807, 2.05) is 13.8 Å². The predicted octanol–water partition coefficient (Wildman–Crippen LogP) is 2.78. The van der Waals surface area contributed by atoms with Crippen LogP contribution in [0.25, 0.3) is 0 Å². The Morgan fingerprint density at radius 1 is 1.26 bits per heavy atom. The lowest BCUT2D eigenvalue weighted by atomic mass is 10.1. The van der Waals surface area contributed by atoms with Crippen LogP contribution in [0.2, 0.25) is 0 Å². The molecule has 2 aromatic heterocycles. The lowest BCUT2D eigenvalue weighted by Gasteiger charge is -2.35. The number of urea groups is 1. The Bertz CT molecular complexity index is 1280. The van der Waals surface area contributed by atoms with Crippen LogP contribution in [0.5, 0.6) is 5.75 Å². The summed E-state index contributed by atoms with van der Waals surface area (Å²) in [7, 11) is 0. The Hall–Kier alpha value is -3.58. The minimum atomic E-state index is -2.89. The number of rotatable bonds is 6. The molecular weight excluding hydrogens is 502 g/mol. The van der Waals surface area contributed by atoms with Crippen LogP contribution in [0.3, 0.4) is 0 Å². The van der Waals surface area contributed by atoms with Gasteiger partial charge in [-0.2, -0.15) is 0 Å². The number of pyridine rings is 2. The van der Waals surface area contributed by atoms with Crippen molar-refractivity contribution < 1.29 is 32.6 Å². The van der Waals surface area contributed by atoms with E-state index in [0.717, 1.165) is 13.0 Å². The van der Waals surface area contributed by atoms with Crippen LogP contribution in [0.4, 0.5) is 30.9 Å². The van der Waals surface area contributed by atoms with Crippen molar-refractivity contribution in [3.63, 3.8) is 0 Å². The maximum Gasteiger partial charge on any atom is 0.329 e. The number of alkyl halides is 2. The van der Waals surface area contributed by atoms with Gasteiger partial charge in [0.15, 0.2) is 11.6 Å². The van der Waals surface area contributed by atoms with Gasteiger partial charge in [0.05, 0.1) is 24.4 Å². The lowest BCUT2D eigenvalue weighted by Crippen LogP contribution is -2.48. The number of amides is 3. The summed E-state index contributed by atoms with van der Waals surface area (Å²) in [5, 5.41) is 5.11. The number of carbonyl (C=O) groups is 2. The van der Waals surface area contributed by atoms with Gasteiger partial charge in [-0.05, 0) is 38.5 Å². The molecule has 3 atom stereocenters. The Labute approximate surface area is 217 Å². The van der Waals surface area contributed by atoms with Crippen LogP contribution in [0, 0.1) is 0 Å². The van der Waals surface area contributed by atoms with Crippen LogP contribution >= 0.6 is 0 Å². The summed E-state index contributed by atoms with van der Waals surface area (Å²) >= 11 is 0. The van der Waals surface area contributed by atoms with Crippen molar-refractivity contribution in [2.24, 2.45) is 0 Å². The molecule has 1 aliphatic carbocycles. The second-order valence-corrected chi connectivity index (χ2v) is 10.4. The van der Waals surface area contributed by atoms with Crippen molar-refractivity contribution in [1.82, 2.24) is 15.3 Å². The normalized spacial score (nSPS) is 26.1. The molecule has 5 heterocycles. The van der Waals surface area contributed by atoms with E-state index in [9.17, 15) is 18.4 Å². The van der Waals surface area contributed by atoms with Crippen LogP contribution in [0.1, 0.15) is 37.2 Å². The second-order valence-electron chi connectivity index (χ2n) is 10.4. The molecule has 3 aliphatic heterocycles. The van der Waals surface area contributed by atoms with Gasteiger partial charge >= 0.3 is 6.03 Å². The quantitative estimate of drug-likeness (QED) is 0.586. The number of hydrogen-bond donors (Lipinski definition) is 2. The maximum atomic E-state index is 13.5. The first-order valence-corrected chi connectivity index (χ1v) is 12.5. The van der Waals surface area contributed by atoms with E-state index in [-0.39, 0.29) is 36.7 Å². The van der Waals surface area contributed by atoms with Gasteiger partial charge in [-0.1, -0.05) is 0 Å². The highest BCUT2D eigenvalue weighted by Gasteiger charge is 2.58. The average molecular weight is 531 g/mol. The summed E-state index contributed by atoms with van der Waals surface area (Å²) in [5.41, 5.74) is 0.676. The molecule has 2 bridgehead atoms. The number of fused-ring (bicyclic) bond motifs is 4. The number of carbonyl (C=O) groups excluding carboxylic acids is 2. The maximum absolute atomic E-state index is 13.5. The Morgan fingerprint density at radius 2 is 2.08 bits per heavy atom. The van der Waals surface area contributed by atoms with E-state index in [1.54, 1.807) is 18.2 Å². The SMILES string of the molecule is CC1(C)OCC(COc2ccnc(NC(=O)N3c4nc(C(=O)NC5CC5(F)F)ccc4N4CC[C@H]3C4)c2)O1. The van der Waals surface area contributed by atoms with Gasteiger partial charge in [0.25, 0.3) is 11.8 Å². The first kappa shape index (κ1) is 24.7. The van der Waals surface area contributed by atoms with Crippen LogP contribution in [-0.2, 0) is 9.47 Å². The molecule has 3 fully saturated rings. The fourth-order valence-electron chi connectivity index (χ4n) is 4.97. The fourth-order valence-corrected chi connectivity index (χ4v) is 4.97. The molecule has 11 nitrogen and oxygen atoms in total. The molecule has 3 amide bonds. The van der Waals surface area contributed by atoms with Gasteiger partial charge in [-0.25, -0.2) is 23.5 Å². The number of aromatic nitrogens is 2. The zero-order valence-corrected chi connectivity index (χ0v) is 20.9. The zero-order chi connectivity index (χ0) is 26.7. The summed E-state index contributed by atoms with van der Waals surface area (Å²) < 4.78 is 43.7. The Kier molecular flexibility index (Phi) is 5.87. The molecule has 2 N–H and O–H groups in total. The van der Waals surface area contributed by atoms with E-state index >= 15 is 0 Å². The highest BCUT2D eigenvalue weighted by Crippen LogP contribution is 2.42. The Morgan fingerprint density at radius 3 is 2.82 bits per heavy atom. The van der Waals surface area contributed by atoms with Crippen molar-refractivity contribution in [3.8, 4) is 5.75 Å². The number of nitrogens with zero attached hydrogens (tertiary/aromatic N) is 4. The smallest absolute Gasteiger partial charge is 0.329 e. The molecule has 1 saturated carbocycles. The van der Waals surface area contributed by atoms with Crippen molar-refractivity contribution >= 4 is 29.3 Å². The standard InChI is InChI=1S/C25H28F2N6O5/c1-24(2)37-13-16(38-24)12-36-15-5-7-28-20(9-15)31-23(35)33-14-6-8-32(11-14)18-4-3-17(29-21(18)33)22(34)30-19-10-25(19,26)27/h3-5,7,9,14,16,19H,6,8,10-13H2,1-2H3,(H,30,34)(H,28,31,35)/t14-,16?,19?/m0/s1. The van der Waals surface area contributed by atoms with Gasteiger partial charge in [-0.3, -0.25) is 15.0 Å². The molecule has 2 unspecified atom stereocenters. The molecule has 2 aromatic rings. The third-order valence-electron chi connectivity index (χ3n) is 7.00. The fraction of sp³-hybridized carbons (Fsp3) is 0.520. The van der Waals surface area contributed by atoms with E-state index in [4.69, 9.17) is 14.2 Å². The third kappa shape index (κ3) is 4.83. The van der Waals surface area contributed by atoms with Gasteiger partial charge in [-0.15, -0.1) is 0 Å². The van der Waals surface area contributed by atoms with E-state index < -0.39 is 29.7 Å². The molecule has 13 heteroatoms.